The first-order chi connectivity index (χ1) is 10.1. The lowest BCUT2D eigenvalue weighted by Crippen LogP contribution is -2.31. The van der Waals surface area contributed by atoms with Crippen LogP contribution in [0.3, 0.4) is 0 Å². The Hall–Kier alpha value is -0.610. The van der Waals surface area contributed by atoms with Crippen molar-refractivity contribution in [3.8, 4) is 0 Å². The van der Waals surface area contributed by atoms with Crippen LogP contribution in [0, 0.1) is 0 Å². The molecule has 0 amide bonds. The van der Waals surface area contributed by atoms with Gasteiger partial charge in [0, 0.05) is 6.42 Å². The fourth-order valence-electron chi connectivity index (χ4n) is 1.10. The maximum atomic E-state index is 10.7. The van der Waals surface area contributed by atoms with E-state index in [1.54, 1.807) is 0 Å². The van der Waals surface area contributed by atoms with E-state index in [1.165, 1.54) is 0 Å². The summed E-state index contributed by atoms with van der Waals surface area (Å²) >= 11 is 0. The van der Waals surface area contributed by atoms with Crippen molar-refractivity contribution >= 4 is 5.97 Å². The molecule has 4 heteroatoms. The monoisotopic (exact) mass is 318 g/mol. The molecule has 0 aliphatic rings. The predicted octanol–water partition coefficient (Wildman–Crippen LogP) is 5.44. The van der Waals surface area contributed by atoms with Crippen molar-refractivity contribution in [1.29, 1.82) is 0 Å². The van der Waals surface area contributed by atoms with Gasteiger partial charge in [-0.2, -0.15) is 0 Å². The van der Waals surface area contributed by atoms with Crippen LogP contribution in [0.2, 0.25) is 0 Å². The average molecular weight is 318 g/mol. The van der Waals surface area contributed by atoms with E-state index in [1.807, 2.05) is 34.6 Å². The van der Waals surface area contributed by atoms with Crippen molar-refractivity contribution in [3.05, 3.63) is 0 Å². The number of unbranched alkanes of at least 4 members (excludes halogenated alkanes) is 2. The molecule has 0 heterocycles. The third-order valence-electron chi connectivity index (χ3n) is 3.49. The zero-order valence-corrected chi connectivity index (χ0v) is 16.1. The van der Waals surface area contributed by atoms with Crippen molar-refractivity contribution < 1.29 is 19.3 Å². The molecule has 0 atom stereocenters. The van der Waals surface area contributed by atoms with Crippen LogP contribution in [0.5, 0.6) is 0 Å². The molecule has 0 rings (SSSR count). The van der Waals surface area contributed by atoms with E-state index >= 15 is 0 Å². The van der Waals surface area contributed by atoms with Gasteiger partial charge in [0.05, 0.1) is 17.8 Å². The van der Waals surface area contributed by atoms with E-state index in [4.69, 9.17) is 14.5 Å². The molecule has 0 aromatic carbocycles. The molecule has 0 saturated carbocycles. The van der Waals surface area contributed by atoms with Gasteiger partial charge in [0.1, 0.15) is 0 Å². The Balaban J connectivity index is 0. The SMILES string of the molecule is CCC(C)(C)OOC(C)(C)CC.CCCCCC(=O)OCC. The van der Waals surface area contributed by atoms with Gasteiger partial charge in [-0.15, -0.1) is 0 Å². The highest BCUT2D eigenvalue weighted by molar-refractivity contribution is 5.69. The van der Waals surface area contributed by atoms with Crippen LogP contribution in [0.1, 0.15) is 93.9 Å². The second-order valence-electron chi connectivity index (χ2n) is 6.66. The van der Waals surface area contributed by atoms with Crippen molar-refractivity contribution in [3.63, 3.8) is 0 Å². The molecule has 22 heavy (non-hydrogen) atoms. The Labute approximate surface area is 137 Å². The largest absolute Gasteiger partial charge is 0.466 e. The van der Waals surface area contributed by atoms with Crippen LogP contribution in [0.4, 0.5) is 0 Å². The topological polar surface area (TPSA) is 44.8 Å². The fraction of sp³-hybridized carbons (Fsp3) is 0.944. The molecule has 0 aromatic heterocycles. The molecule has 0 saturated heterocycles. The molecule has 0 unspecified atom stereocenters. The van der Waals surface area contributed by atoms with Gasteiger partial charge in [0.25, 0.3) is 0 Å². The lowest BCUT2D eigenvalue weighted by molar-refractivity contribution is -0.401. The molecule has 0 aromatic rings. The van der Waals surface area contributed by atoms with Crippen LogP contribution in [-0.2, 0) is 19.3 Å². The van der Waals surface area contributed by atoms with Gasteiger partial charge in [-0.1, -0.05) is 33.6 Å². The standard InChI is InChI=1S/C10H22O2.C8H16O2/c1-7-9(3,4)11-12-10(5,6)8-2;1-3-5-6-7-8(9)10-4-2/h7-8H2,1-6H3;3-7H2,1-2H3. The predicted molar refractivity (Wildman–Crippen MR) is 91.7 cm³/mol. The van der Waals surface area contributed by atoms with E-state index < -0.39 is 0 Å². The second-order valence-corrected chi connectivity index (χ2v) is 6.66. The molecule has 0 aliphatic heterocycles. The molecule has 0 fully saturated rings. The highest BCUT2D eigenvalue weighted by Crippen LogP contribution is 2.21. The van der Waals surface area contributed by atoms with Gasteiger partial charge in [0.15, 0.2) is 0 Å². The maximum absolute atomic E-state index is 10.7. The third kappa shape index (κ3) is 15.8. The number of hydrogen-bond acceptors (Lipinski definition) is 4. The van der Waals surface area contributed by atoms with Gasteiger partial charge in [-0.05, 0) is 53.9 Å². The third-order valence-corrected chi connectivity index (χ3v) is 3.49. The van der Waals surface area contributed by atoms with Crippen molar-refractivity contribution in [2.24, 2.45) is 0 Å². The van der Waals surface area contributed by atoms with Crippen molar-refractivity contribution in [1.82, 2.24) is 0 Å². The highest BCUT2D eigenvalue weighted by atomic mass is 17.2. The molecule has 0 radical (unpaired) electrons. The van der Waals surface area contributed by atoms with Crippen LogP contribution < -0.4 is 0 Å². The summed E-state index contributed by atoms with van der Waals surface area (Å²) < 4.78 is 4.75. The van der Waals surface area contributed by atoms with Crippen molar-refractivity contribution in [2.75, 3.05) is 6.61 Å². The Morgan fingerprint density at radius 1 is 0.818 bits per heavy atom. The molecule has 0 N–H and O–H groups in total. The number of hydrogen-bond donors (Lipinski definition) is 0. The van der Waals surface area contributed by atoms with Crippen LogP contribution in [0.15, 0.2) is 0 Å². The normalized spacial score (nSPS) is 11.6. The van der Waals surface area contributed by atoms with Crippen LogP contribution in [-0.4, -0.2) is 23.8 Å². The number of ether oxygens (including phenoxy) is 1. The first-order valence-electron chi connectivity index (χ1n) is 8.66. The first kappa shape index (κ1) is 23.7. The van der Waals surface area contributed by atoms with Crippen LogP contribution in [0.25, 0.3) is 0 Å². The minimum Gasteiger partial charge on any atom is -0.466 e. The Bertz CT molecular complexity index is 256. The van der Waals surface area contributed by atoms with E-state index in [9.17, 15) is 4.79 Å². The Morgan fingerprint density at radius 3 is 1.59 bits per heavy atom. The lowest BCUT2D eigenvalue weighted by atomic mass is 10.1. The smallest absolute Gasteiger partial charge is 0.305 e. The highest BCUT2D eigenvalue weighted by Gasteiger charge is 2.23. The maximum Gasteiger partial charge on any atom is 0.305 e. The van der Waals surface area contributed by atoms with Gasteiger partial charge in [-0.3, -0.25) is 4.79 Å². The van der Waals surface area contributed by atoms with Crippen LogP contribution >= 0.6 is 0 Å². The van der Waals surface area contributed by atoms with Gasteiger partial charge < -0.3 is 4.74 Å². The van der Waals surface area contributed by atoms with E-state index in [0.717, 1.165) is 32.1 Å². The van der Waals surface area contributed by atoms with E-state index in [-0.39, 0.29) is 17.2 Å². The molecule has 4 nitrogen and oxygen atoms in total. The first-order valence-corrected chi connectivity index (χ1v) is 8.66. The minimum absolute atomic E-state index is 0.0593. The average Bonchev–Trinajstić information content (AvgIpc) is 2.47. The second kappa shape index (κ2) is 12.9. The van der Waals surface area contributed by atoms with E-state index in [0.29, 0.717) is 13.0 Å². The molecular formula is C18H38O4. The number of carbonyl (C=O) groups is 1. The number of carbonyl (C=O) groups excluding carboxylic acids is 1. The quantitative estimate of drug-likeness (QED) is 0.233. The molecular weight excluding hydrogens is 280 g/mol. The number of esters is 1. The lowest BCUT2D eigenvalue weighted by Gasteiger charge is -2.29. The zero-order valence-electron chi connectivity index (χ0n) is 16.1. The summed E-state index contributed by atoms with van der Waals surface area (Å²) in [7, 11) is 0. The van der Waals surface area contributed by atoms with E-state index in [2.05, 4.69) is 20.8 Å². The number of rotatable bonds is 10. The summed E-state index contributed by atoms with van der Waals surface area (Å²) in [5.74, 6) is -0.0593. The summed E-state index contributed by atoms with van der Waals surface area (Å²) in [4.78, 5) is 21.4. The van der Waals surface area contributed by atoms with Gasteiger partial charge >= 0.3 is 5.97 Å². The summed E-state index contributed by atoms with van der Waals surface area (Å²) in [5, 5.41) is 0. The summed E-state index contributed by atoms with van der Waals surface area (Å²) in [6.45, 7) is 16.7. The zero-order chi connectivity index (χ0) is 17.6. The summed E-state index contributed by atoms with van der Waals surface area (Å²) in [6.07, 6.45) is 5.73. The molecule has 134 valence electrons. The summed E-state index contributed by atoms with van der Waals surface area (Å²) in [5.41, 5.74) is -0.348. The van der Waals surface area contributed by atoms with Gasteiger partial charge in [0.2, 0.25) is 0 Å². The molecule has 0 spiro atoms. The molecule has 0 bridgehead atoms. The summed E-state index contributed by atoms with van der Waals surface area (Å²) in [6, 6.07) is 0. The Morgan fingerprint density at radius 2 is 1.27 bits per heavy atom. The Kier molecular flexibility index (Phi) is 13.9. The van der Waals surface area contributed by atoms with Crippen molar-refractivity contribution in [2.45, 2.75) is 105 Å². The van der Waals surface area contributed by atoms with Gasteiger partial charge in [-0.25, -0.2) is 9.78 Å². The molecule has 0 aliphatic carbocycles. The minimum atomic E-state index is -0.174. The fourth-order valence-corrected chi connectivity index (χ4v) is 1.10.